The molecule has 9 rings (SSSR count). The third-order valence-electron chi connectivity index (χ3n) is 13.1. The molecule has 0 aromatic heterocycles. The van der Waals surface area contributed by atoms with Crippen molar-refractivity contribution < 1.29 is 0 Å². The largest absolute Gasteiger partial charge is 0.311 e. The Morgan fingerprint density at radius 1 is 0.519 bits per heavy atom. The first-order valence-corrected chi connectivity index (χ1v) is 19.9. The molecule has 0 amide bonds. The Kier molecular flexibility index (Phi) is 7.71. The summed E-state index contributed by atoms with van der Waals surface area (Å²) in [6, 6.07) is 50.7. The highest BCUT2D eigenvalue weighted by Crippen LogP contribution is 2.50. The number of para-hydroxylation sites is 3. The van der Waals surface area contributed by atoms with Crippen LogP contribution in [0.2, 0.25) is 0 Å². The van der Waals surface area contributed by atoms with E-state index in [4.69, 9.17) is 0 Å². The lowest BCUT2D eigenvalue weighted by Gasteiger charge is -2.47. The van der Waals surface area contributed by atoms with Crippen LogP contribution in [-0.2, 0) is 21.7 Å². The zero-order chi connectivity index (χ0) is 37.8. The van der Waals surface area contributed by atoms with Gasteiger partial charge in [0.15, 0.2) is 0 Å². The molecule has 2 heterocycles. The maximum absolute atomic E-state index is 2.61. The van der Waals surface area contributed by atoms with Gasteiger partial charge >= 0.3 is 0 Å². The zero-order valence-electron chi connectivity index (χ0n) is 33.6. The van der Waals surface area contributed by atoms with Gasteiger partial charge in [0, 0.05) is 39.5 Å². The zero-order valence-corrected chi connectivity index (χ0v) is 33.6. The maximum Gasteiger partial charge on any atom is 0.247 e. The van der Waals surface area contributed by atoms with Crippen LogP contribution in [0.5, 0.6) is 0 Å². The van der Waals surface area contributed by atoms with Crippen LogP contribution in [0.4, 0.5) is 34.1 Å². The van der Waals surface area contributed by atoms with E-state index >= 15 is 0 Å². The Morgan fingerprint density at radius 2 is 1.11 bits per heavy atom. The Balaban J connectivity index is 1.38. The number of hydrogen-bond acceptors (Lipinski definition) is 2. The first-order valence-electron chi connectivity index (χ1n) is 19.9. The predicted octanol–water partition coefficient (Wildman–Crippen LogP) is 11.7. The van der Waals surface area contributed by atoms with Crippen molar-refractivity contribution >= 4 is 57.2 Å². The van der Waals surface area contributed by atoms with Crippen molar-refractivity contribution in [2.24, 2.45) is 0 Å². The number of rotatable bonds is 4. The fourth-order valence-electron chi connectivity index (χ4n) is 9.88. The Bertz CT molecular complexity index is 2380. The van der Waals surface area contributed by atoms with Gasteiger partial charge in [-0.1, -0.05) is 147 Å². The highest BCUT2D eigenvalue weighted by atomic mass is 15.2. The highest BCUT2D eigenvalue weighted by molar-refractivity contribution is 6.99. The fourth-order valence-corrected chi connectivity index (χ4v) is 9.88. The summed E-state index contributed by atoms with van der Waals surface area (Å²) in [6.07, 6.45) is 2.39. The molecule has 3 heteroatoms. The summed E-state index contributed by atoms with van der Waals surface area (Å²) in [7, 11) is 0. The molecular formula is C51H53BN2. The maximum atomic E-state index is 2.61. The molecule has 0 saturated carbocycles. The van der Waals surface area contributed by atoms with Gasteiger partial charge in [-0.15, -0.1) is 0 Å². The molecule has 2 aliphatic heterocycles. The average molecular weight is 705 g/mol. The molecule has 0 N–H and O–H groups in total. The Labute approximate surface area is 324 Å². The summed E-state index contributed by atoms with van der Waals surface area (Å²) in [6.45, 7) is 21.8. The van der Waals surface area contributed by atoms with Crippen LogP contribution in [0.3, 0.4) is 0 Å². The van der Waals surface area contributed by atoms with Crippen LogP contribution < -0.4 is 26.2 Å². The quantitative estimate of drug-likeness (QED) is 0.168. The molecule has 0 saturated heterocycles. The summed E-state index contributed by atoms with van der Waals surface area (Å²) >= 11 is 0. The smallest absolute Gasteiger partial charge is 0.247 e. The minimum absolute atomic E-state index is 0.0436. The number of nitrogens with zero attached hydrogens (tertiary/aromatic N) is 2. The van der Waals surface area contributed by atoms with E-state index in [1.165, 1.54) is 79.8 Å². The van der Waals surface area contributed by atoms with Crippen molar-refractivity contribution in [2.75, 3.05) is 9.80 Å². The summed E-state index contributed by atoms with van der Waals surface area (Å²) < 4.78 is 0. The lowest BCUT2D eigenvalue weighted by Crippen LogP contribution is -2.64. The molecule has 0 fully saturated rings. The van der Waals surface area contributed by atoms with E-state index in [2.05, 4.69) is 206 Å². The summed E-state index contributed by atoms with van der Waals surface area (Å²) in [4.78, 5) is 5.05. The van der Waals surface area contributed by atoms with Gasteiger partial charge in [-0.05, 0) is 122 Å². The first kappa shape index (κ1) is 34.7. The number of benzene rings is 6. The van der Waals surface area contributed by atoms with Crippen molar-refractivity contribution in [1.82, 2.24) is 0 Å². The predicted molar refractivity (Wildman–Crippen MR) is 233 cm³/mol. The van der Waals surface area contributed by atoms with Gasteiger partial charge in [0.05, 0.1) is 0 Å². The standard InChI is InChI=1S/C51H53BN2/c1-48(2,3)34-24-26-40-44(30-34)52-43-22-16-17-23-45(43)54(37-25-27-39-41(31-37)50(6,7)29-28-49(39,4)5)46-33-38(32-42(47(46)52)51(40,8)9)53(35-18-12-10-13-19-35)36-20-14-11-15-21-36/h10-27,30-33H,28-29H2,1-9H3. The molecule has 6 aromatic rings. The fraction of sp³-hybridized carbons (Fsp3) is 0.294. The van der Waals surface area contributed by atoms with E-state index in [9.17, 15) is 0 Å². The van der Waals surface area contributed by atoms with Gasteiger partial charge in [-0.25, -0.2) is 0 Å². The highest BCUT2D eigenvalue weighted by Gasteiger charge is 2.47. The molecule has 0 bridgehead atoms. The molecule has 0 unspecified atom stereocenters. The van der Waals surface area contributed by atoms with Crippen LogP contribution in [0.25, 0.3) is 0 Å². The molecule has 0 atom stereocenters. The molecule has 2 nitrogen and oxygen atoms in total. The second-order valence-corrected chi connectivity index (χ2v) is 18.9. The molecule has 1 aliphatic carbocycles. The average Bonchev–Trinajstić information content (AvgIpc) is 3.15. The van der Waals surface area contributed by atoms with Gasteiger partial charge in [0.1, 0.15) is 0 Å². The van der Waals surface area contributed by atoms with Crippen LogP contribution in [0.15, 0.2) is 133 Å². The molecule has 3 aliphatic rings. The third-order valence-corrected chi connectivity index (χ3v) is 13.1. The Morgan fingerprint density at radius 3 is 1.76 bits per heavy atom. The third kappa shape index (κ3) is 5.29. The summed E-state index contributed by atoms with van der Waals surface area (Å²) in [5.41, 5.74) is 18.7. The van der Waals surface area contributed by atoms with Crippen LogP contribution in [-0.4, -0.2) is 6.71 Å². The van der Waals surface area contributed by atoms with Crippen molar-refractivity contribution in [3.05, 3.63) is 161 Å². The molecule has 0 radical (unpaired) electrons. The van der Waals surface area contributed by atoms with E-state index in [0.29, 0.717) is 0 Å². The summed E-state index contributed by atoms with van der Waals surface area (Å²) in [5, 5.41) is 0. The Hall–Kier alpha value is -5.02. The number of fused-ring (bicyclic) bond motifs is 5. The van der Waals surface area contributed by atoms with Gasteiger partial charge in [-0.3, -0.25) is 0 Å². The number of hydrogen-bond donors (Lipinski definition) is 0. The summed E-state index contributed by atoms with van der Waals surface area (Å²) in [5.74, 6) is 0. The molecule has 270 valence electrons. The van der Waals surface area contributed by atoms with Crippen LogP contribution in [0, 0.1) is 0 Å². The van der Waals surface area contributed by atoms with E-state index in [1.54, 1.807) is 0 Å². The van der Waals surface area contributed by atoms with Crippen molar-refractivity contribution in [3.8, 4) is 0 Å². The number of anilines is 6. The van der Waals surface area contributed by atoms with Crippen molar-refractivity contribution in [1.29, 1.82) is 0 Å². The van der Waals surface area contributed by atoms with Crippen LogP contribution >= 0.6 is 0 Å². The minimum atomic E-state index is -0.235. The molecule has 54 heavy (non-hydrogen) atoms. The van der Waals surface area contributed by atoms with E-state index in [1.807, 2.05) is 0 Å². The van der Waals surface area contributed by atoms with E-state index in [-0.39, 0.29) is 28.4 Å². The normalized spacial score (nSPS) is 17.2. The second-order valence-electron chi connectivity index (χ2n) is 18.9. The molecular weight excluding hydrogens is 651 g/mol. The second kappa shape index (κ2) is 12.0. The first-order chi connectivity index (χ1) is 25.7. The van der Waals surface area contributed by atoms with Gasteiger partial charge < -0.3 is 9.80 Å². The van der Waals surface area contributed by atoms with E-state index in [0.717, 1.165) is 11.4 Å². The van der Waals surface area contributed by atoms with Gasteiger partial charge in [-0.2, -0.15) is 0 Å². The lowest BCUT2D eigenvalue weighted by atomic mass is 9.30. The SMILES string of the molecule is CC(C)(C)c1ccc2c(c1)B1c3ccccc3N(c3ccc4c(c3)C(C)(C)CCC4(C)C)c3cc(N(c4ccccc4)c4ccccc4)cc(c31)C2(C)C. The van der Waals surface area contributed by atoms with E-state index < -0.39 is 0 Å². The molecule has 6 aromatic carbocycles. The van der Waals surface area contributed by atoms with Crippen molar-refractivity contribution in [2.45, 2.75) is 96.8 Å². The van der Waals surface area contributed by atoms with Gasteiger partial charge in [0.25, 0.3) is 0 Å². The monoisotopic (exact) mass is 704 g/mol. The van der Waals surface area contributed by atoms with Crippen LogP contribution in [0.1, 0.15) is 103 Å². The lowest BCUT2D eigenvalue weighted by molar-refractivity contribution is 0.332. The molecule has 0 spiro atoms. The van der Waals surface area contributed by atoms with Crippen molar-refractivity contribution in [3.63, 3.8) is 0 Å². The minimum Gasteiger partial charge on any atom is -0.311 e. The topological polar surface area (TPSA) is 6.48 Å². The van der Waals surface area contributed by atoms with Gasteiger partial charge in [0.2, 0.25) is 6.71 Å².